The third kappa shape index (κ3) is 8.46. The smallest absolute Gasteiger partial charge is 0.243 e. The van der Waals surface area contributed by atoms with Gasteiger partial charge in [0.05, 0.1) is 11.4 Å². The molecule has 7 nitrogen and oxygen atoms in total. The molecule has 2 amide bonds. The van der Waals surface area contributed by atoms with Gasteiger partial charge in [0.2, 0.25) is 21.8 Å². The first-order valence-corrected chi connectivity index (χ1v) is 14.1. The second-order valence-electron chi connectivity index (χ2n) is 10.7. The summed E-state index contributed by atoms with van der Waals surface area (Å²) in [6, 6.07) is 20.4. The molecule has 0 unspecified atom stereocenters. The quantitative estimate of drug-likeness (QED) is 0.406. The topological polar surface area (TPSA) is 86.8 Å². The van der Waals surface area contributed by atoms with Crippen LogP contribution in [0.5, 0.6) is 0 Å². The number of likely N-dealkylation sites (N-methyl/N-ethyl adjacent to an activating group) is 1. The molecule has 9 heteroatoms. The van der Waals surface area contributed by atoms with Gasteiger partial charge >= 0.3 is 0 Å². The molecular formula is C30H36FN3O4S. The molecule has 0 spiro atoms. The normalized spacial score (nSPS) is 12.7. The minimum absolute atomic E-state index is 0.00735. The minimum atomic E-state index is -3.96. The van der Waals surface area contributed by atoms with Gasteiger partial charge in [-0.15, -0.1) is 0 Å². The average molecular weight is 554 g/mol. The monoisotopic (exact) mass is 553 g/mol. The third-order valence-corrected chi connectivity index (χ3v) is 7.94. The Balaban J connectivity index is 1.98. The summed E-state index contributed by atoms with van der Waals surface area (Å²) in [6.07, 6.45) is 0.212. The van der Waals surface area contributed by atoms with E-state index in [9.17, 15) is 22.4 Å². The summed E-state index contributed by atoms with van der Waals surface area (Å²) in [6.45, 7) is 6.90. The molecule has 39 heavy (non-hydrogen) atoms. The van der Waals surface area contributed by atoms with E-state index in [4.69, 9.17) is 0 Å². The first kappa shape index (κ1) is 30.0. The molecule has 0 aromatic heterocycles. The zero-order chi connectivity index (χ0) is 28.8. The van der Waals surface area contributed by atoms with Crippen molar-refractivity contribution in [2.75, 3.05) is 13.6 Å². The van der Waals surface area contributed by atoms with Crippen LogP contribution >= 0.6 is 0 Å². The summed E-state index contributed by atoms with van der Waals surface area (Å²) in [7, 11) is -2.62. The highest BCUT2D eigenvalue weighted by atomic mass is 32.2. The fourth-order valence-electron chi connectivity index (χ4n) is 4.05. The summed E-state index contributed by atoms with van der Waals surface area (Å²) < 4.78 is 41.0. The number of carbonyl (C=O) groups is 2. The van der Waals surface area contributed by atoms with Crippen LogP contribution < -0.4 is 5.32 Å². The van der Waals surface area contributed by atoms with Crippen LogP contribution in [0.25, 0.3) is 0 Å². The van der Waals surface area contributed by atoms with E-state index < -0.39 is 39.9 Å². The molecule has 0 aliphatic rings. The van der Waals surface area contributed by atoms with Gasteiger partial charge in [-0.25, -0.2) is 12.8 Å². The molecule has 0 fully saturated rings. The van der Waals surface area contributed by atoms with Crippen molar-refractivity contribution in [2.24, 2.45) is 0 Å². The number of nitrogens with one attached hydrogen (secondary N) is 1. The Kier molecular flexibility index (Phi) is 9.63. The zero-order valence-corrected chi connectivity index (χ0v) is 23.8. The number of carbonyl (C=O) groups excluding carboxylic acids is 2. The van der Waals surface area contributed by atoms with Gasteiger partial charge in [-0.3, -0.25) is 9.59 Å². The van der Waals surface area contributed by atoms with E-state index in [1.165, 1.54) is 36.2 Å². The molecule has 0 radical (unpaired) electrons. The number of aryl methyl sites for hydroxylation is 1. The van der Waals surface area contributed by atoms with Crippen molar-refractivity contribution in [2.45, 2.75) is 57.1 Å². The van der Waals surface area contributed by atoms with Crippen LogP contribution in [-0.4, -0.2) is 54.6 Å². The molecule has 0 saturated carbocycles. The van der Waals surface area contributed by atoms with Crippen molar-refractivity contribution in [3.63, 3.8) is 0 Å². The fraction of sp³-hybridized carbons (Fsp3) is 0.333. The van der Waals surface area contributed by atoms with E-state index in [1.54, 1.807) is 24.3 Å². The molecule has 1 atom stereocenters. The third-order valence-electron chi connectivity index (χ3n) is 6.12. The lowest BCUT2D eigenvalue weighted by molar-refractivity contribution is -0.141. The molecule has 208 valence electrons. The van der Waals surface area contributed by atoms with Crippen molar-refractivity contribution in [3.8, 4) is 0 Å². The molecule has 0 aliphatic heterocycles. The Labute approximate surface area is 230 Å². The molecule has 0 aliphatic carbocycles. The molecule has 1 N–H and O–H groups in total. The zero-order valence-electron chi connectivity index (χ0n) is 23.0. The molecule has 3 aromatic carbocycles. The maximum Gasteiger partial charge on any atom is 0.243 e. The Morgan fingerprint density at radius 3 is 2.05 bits per heavy atom. The first-order chi connectivity index (χ1) is 18.3. The highest BCUT2D eigenvalue weighted by Crippen LogP contribution is 2.19. The molecule has 0 saturated heterocycles. The molecule has 0 heterocycles. The van der Waals surface area contributed by atoms with E-state index in [2.05, 4.69) is 5.32 Å². The molecule has 3 rings (SSSR count). The predicted octanol–water partition coefficient (Wildman–Crippen LogP) is 4.31. The summed E-state index contributed by atoms with van der Waals surface area (Å²) >= 11 is 0. The van der Waals surface area contributed by atoms with Gasteiger partial charge in [0.15, 0.2) is 0 Å². The average Bonchev–Trinajstić information content (AvgIpc) is 2.87. The lowest BCUT2D eigenvalue weighted by Crippen LogP contribution is -2.56. The second-order valence-corrected chi connectivity index (χ2v) is 12.7. The largest absolute Gasteiger partial charge is 0.350 e. The Morgan fingerprint density at radius 2 is 1.49 bits per heavy atom. The van der Waals surface area contributed by atoms with Crippen LogP contribution in [0.1, 0.15) is 37.5 Å². The summed E-state index contributed by atoms with van der Waals surface area (Å²) in [5.74, 6) is -1.35. The predicted molar refractivity (Wildman–Crippen MR) is 150 cm³/mol. The Hall–Kier alpha value is -3.56. The summed E-state index contributed by atoms with van der Waals surface area (Å²) in [4.78, 5) is 28.9. The maximum atomic E-state index is 13.8. The highest BCUT2D eigenvalue weighted by molar-refractivity contribution is 7.89. The van der Waals surface area contributed by atoms with E-state index in [-0.39, 0.29) is 23.8 Å². The van der Waals surface area contributed by atoms with Crippen LogP contribution in [0.15, 0.2) is 83.8 Å². The van der Waals surface area contributed by atoms with Gasteiger partial charge in [-0.2, -0.15) is 4.31 Å². The van der Waals surface area contributed by atoms with Crippen LogP contribution in [0.4, 0.5) is 4.39 Å². The van der Waals surface area contributed by atoms with Gasteiger partial charge < -0.3 is 10.2 Å². The number of benzene rings is 3. The number of amides is 2. The summed E-state index contributed by atoms with van der Waals surface area (Å²) in [5.41, 5.74) is 1.79. The van der Waals surface area contributed by atoms with E-state index in [0.717, 1.165) is 15.4 Å². The van der Waals surface area contributed by atoms with Crippen LogP contribution in [0.3, 0.4) is 0 Å². The number of rotatable bonds is 10. The van der Waals surface area contributed by atoms with Gasteiger partial charge in [-0.05, 0) is 63.1 Å². The van der Waals surface area contributed by atoms with Gasteiger partial charge in [-0.1, -0.05) is 60.2 Å². The van der Waals surface area contributed by atoms with Crippen LogP contribution in [-0.2, 0) is 32.6 Å². The van der Waals surface area contributed by atoms with Gasteiger partial charge in [0, 0.05) is 25.6 Å². The Bertz CT molecular complexity index is 1370. The lowest BCUT2D eigenvalue weighted by Gasteiger charge is -2.34. The van der Waals surface area contributed by atoms with Crippen molar-refractivity contribution < 1.29 is 22.4 Å². The summed E-state index contributed by atoms with van der Waals surface area (Å²) in [5, 5.41) is 2.96. The number of sulfonamides is 1. The molecular weight excluding hydrogens is 517 g/mol. The van der Waals surface area contributed by atoms with Crippen molar-refractivity contribution in [1.82, 2.24) is 14.5 Å². The van der Waals surface area contributed by atoms with Crippen LogP contribution in [0, 0.1) is 12.7 Å². The number of hydrogen-bond donors (Lipinski definition) is 1. The number of nitrogens with zero attached hydrogens (tertiary/aromatic N) is 2. The van der Waals surface area contributed by atoms with Crippen molar-refractivity contribution >= 4 is 21.8 Å². The molecule has 0 bridgehead atoms. The Morgan fingerprint density at radius 1 is 0.897 bits per heavy atom. The lowest BCUT2D eigenvalue weighted by atomic mass is 10.0. The van der Waals surface area contributed by atoms with E-state index >= 15 is 0 Å². The van der Waals surface area contributed by atoms with Gasteiger partial charge in [0.25, 0.3) is 0 Å². The second kappa shape index (κ2) is 12.5. The van der Waals surface area contributed by atoms with Crippen molar-refractivity contribution in [3.05, 3.63) is 101 Å². The maximum absolute atomic E-state index is 13.8. The van der Waals surface area contributed by atoms with E-state index in [1.807, 2.05) is 58.0 Å². The SMILES string of the molecule is Cc1ccc(S(=O)(=O)N(C)CC(=O)N(Cc2ccc(F)cc2)[C@H](Cc2ccccc2)C(=O)NC(C)(C)C)cc1. The number of hydrogen-bond acceptors (Lipinski definition) is 4. The van der Waals surface area contributed by atoms with Gasteiger partial charge in [0.1, 0.15) is 11.9 Å². The minimum Gasteiger partial charge on any atom is -0.350 e. The highest BCUT2D eigenvalue weighted by Gasteiger charge is 2.34. The number of halogens is 1. The first-order valence-electron chi connectivity index (χ1n) is 12.7. The molecule has 3 aromatic rings. The van der Waals surface area contributed by atoms with Crippen LogP contribution in [0.2, 0.25) is 0 Å². The van der Waals surface area contributed by atoms with Crippen molar-refractivity contribution in [1.29, 1.82) is 0 Å². The standard InChI is InChI=1S/C30H36FN3O4S/c1-22-11-17-26(18-12-22)39(37,38)33(5)21-28(35)34(20-24-13-15-25(31)16-14-24)27(29(36)32-30(2,3)4)19-23-9-7-6-8-10-23/h6-18,27H,19-21H2,1-5H3,(H,32,36)/t27-/m1/s1. The fourth-order valence-corrected chi connectivity index (χ4v) is 5.17. The van der Waals surface area contributed by atoms with E-state index in [0.29, 0.717) is 5.56 Å².